The molecule has 0 aromatic heterocycles. The Labute approximate surface area is 179 Å². The average Bonchev–Trinajstić information content (AvgIpc) is 3.20. The van der Waals surface area contributed by atoms with Crippen molar-refractivity contribution in [1.82, 2.24) is 9.21 Å². The normalized spacial score (nSPS) is 18.4. The zero-order valence-electron chi connectivity index (χ0n) is 17.5. The van der Waals surface area contributed by atoms with E-state index in [0.29, 0.717) is 31.7 Å². The van der Waals surface area contributed by atoms with Crippen LogP contribution in [0.5, 0.6) is 0 Å². The van der Waals surface area contributed by atoms with Gasteiger partial charge in [-0.1, -0.05) is 23.8 Å². The van der Waals surface area contributed by atoms with E-state index in [0.717, 1.165) is 32.4 Å². The van der Waals surface area contributed by atoms with Crippen LogP contribution in [0.4, 0.5) is 5.69 Å². The van der Waals surface area contributed by atoms with Gasteiger partial charge in [-0.3, -0.25) is 4.79 Å². The van der Waals surface area contributed by atoms with E-state index in [1.165, 1.54) is 15.6 Å². The van der Waals surface area contributed by atoms with Gasteiger partial charge >= 0.3 is 0 Å². The predicted molar refractivity (Wildman–Crippen MR) is 118 cm³/mol. The van der Waals surface area contributed by atoms with Crippen molar-refractivity contribution in [3.05, 3.63) is 59.7 Å². The van der Waals surface area contributed by atoms with E-state index in [2.05, 4.69) is 36.1 Å². The highest BCUT2D eigenvalue weighted by Gasteiger charge is 2.28. The van der Waals surface area contributed by atoms with Crippen molar-refractivity contribution in [2.75, 3.05) is 44.2 Å². The first-order valence-corrected chi connectivity index (χ1v) is 12.1. The summed E-state index contributed by atoms with van der Waals surface area (Å²) >= 11 is 0. The lowest BCUT2D eigenvalue weighted by Crippen LogP contribution is -2.35. The van der Waals surface area contributed by atoms with Gasteiger partial charge in [0.15, 0.2) is 0 Å². The zero-order valence-corrected chi connectivity index (χ0v) is 18.3. The minimum absolute atomic E-state index is 0.0979. The van der Waals surface area contributed by atoms with Gasteiger partial charge in [-0.2, -0.15) is 4.31 Å². The lowest BCUT2D eigenvalue weighted by Gasteiger charge is -2.24. The standard InChI is InChI=1S/C23H29N3O3S/c1-19-8-10-21(11-9-19)24-12-5-13-25(17-16-24)23(27)20-6-4-7-22(18-20)30(28,29)26-14-2-3-15-26/h4,6-11,18H,2-3,5,12-17H2,1H3. The number of benzene rings is 2. The molecule has 2 heterocycles. The van der Waals surface area contributed by atoms with Crippen molar-refractivity contribution in [1.29, 1.82) is 0 Å². The molecule has 0 unspecified atom stereocenters. The molecular formula is C23H29N3O3S. The van der Waals surface area contributed by atoms with Crippen LogP contribution < -0.4 is 4.90 Å². The summed E-state index contributed by atoms with van der Waals surface area (Å²) < 4.78 is 27.2. The Bertz CT molecular complexity index is 999. The second-order valence-electron chi connectivity index (χ2n) is 8.11. The summed E-state index contributed by atoms with van der Waals surface area (Å²) in [6, 6.07) is 15.0. The van der Waals surface area contributed by atoms with Crippen molar-refractivity contribution in [2.24, 2.45) is 0 Å². The maximum Gasteiger partial charge on any atom is 0.253 e. The van der Waals surface area contributed by atoms with Crippen LogP contribution in [0.15, 0.2) is 53.4 Å². The summed E-state index contributed by atoms with van der Waals surface area (Å²) in [6.07, 6.45) is 2.66. The highest BCUT2D eigenvalue weighted by Crippen LogP contribution is 2.23. The third kappa shape index (κ3) is 4.37. The number of aryl methyl sites for hydroxylation is 1. The first kappa shape index (κ1) is 20.9. The fraction of sp³-hybridized carbons (Fsp3) is 0.435. The first-order valence-electron chi connectivity index (χ1n) is 10.7. The Hall–Kier alpha value is -2.38. The number of hydrogen-bond donors (Lipinski definition) is 0. The summed E-state index contributed by atoms with van der Waals surface area (Å²) in [5.74, 6) is -0.0979. The minimum Gasteiger partial charge on any atom is -0.370 e. The van der Waals surface area contributed by atoms with Crippen molar-refractivity contribution in [2.45, 2.75) is 31.1 Å². The van der Waals surface area contributed by atoms with E-state index in [-0.39, 0.29) is 10.8 Å². The van der Waals surface area contributed by atoms with Gasteiger partial charge in [0.05, 0.1) is 4.90 Å². The summed E-state index contributed by atoms with van der Waals surface area (Å²) in [5.41, 5.74) is 2.85. The Balaban J connectivity index is 1.47. The van der Waals surface area contributed by atoms with Gasteiger partial charge in [0.1, 0.15) is 0 Å². The van der Waals surface area contributed by atoms with Crippen LogP contribution in [0.2, 0.25) is 0 Å². The Morgan fingerprint density at radius 1 is 0.833 bits per heavy atom. The van der Waals surface area contributed by atoms with E-state index in [9.17, 15) is 13.2 Å². The molecule has 2 aliphatic rings. The monoisotopic (exact) mass is 427 g/mol. The SMILES string of the molecule is Cc1ccc(N2CCCN(C(=O)c3cccc(S(=O)(=O)N4CCCC4)c3)CC2)cc1. The molecular weight excluding hydrogens is 398 g/mol. The van der Waals surface area contributed by atoms with Crippen molar-refractivity contribution < 1.29 is 13.2 Å². The Morgan fingerprint density at radius 2 is 1.57 bits per heavy atom. The number of hydrogen-bond acceptors (Lipinski definition) is 4. The number of sulfonamides is 1. The molecule has 160 valence electrons. The van der Waals surface area contributed by atoms with Gasteiger partial charge < -0.3 is 9.80 Å². The Morgan fingerprint density at radius 3 is 2.30 bits per heavy atom. The summed E-state index contributed by atoms with van der Waals surface area (Å²) in [6.45, 7) is 6.14. The van der Waals surface area contributed by atoms with Crippen LogP contribution in [0.1, 0.15) is 35.2 Å². The second kappa shape index (κ2) is 8.78. The molecule has 2 aromatic rings. The molecule has 0 saturated carbocycles. The molecule has 2 aromatic carbocycles. The van der Waals surface area contributed by atoms with Gasteiger partial charge in [0.25, 0.3) is 5.91 Å². The number of amides is 1. The third-order valence-corrected chi connectivity index (χ3v) is 7.86. The zero-order chi connectivity index (χ0) is 21.1. The van der Waals surface area contributed by atoms with Crippen LogP contribution in [-0.2, 0) is 10.0 Å². The molecule has 2 saturated heterocycles. The average molecular weight is 428 g/mol. The molecule has 30 heavy (non-hydrogen) atoms. The number of rotatable bonds is 4. The minimum atomic E-state index is -3.53. The van der Waals surface area contributed by atoms with Crippen molar-refractivity contribution in [3.8, 4) is 0 Å². The number of anilines is 1. The van der Waals surface area contributed by atoms with Crippen molar-refractivity contribution >= 4 is 21.6 Å². The highest BCUT2D eigenvalue weighted by molar-refractivity contribution is 7.89. The molecule has 0 spiro atoms. The fourth-order valence-electron chi connectivity index (χ4n) is 4.18. The molecule has 0 radical (unpaired) electrons. The molecule has 2 aliphatic heterocycles. The van der Waals surface area contributed by atoms with Crippen LogP contribution in [0, 0.1) is 6.92 Å². The largest absolute Gasteiger partial charge is 0.370 e. The summed E-state index contributed by atoms with van der Waals surface area (Å²) in [4.78, 5) is 17.5. The lowest BCUT2D eigenvalue weighted by molar-refractivity contribution is 0.0767. The van der Waals surface area contributed by atoms with Gasteiger partial charge in [0.2, 0.25) is 10.0 Å². The summed E-state index contributed by atoms with van der Waals surface area (Å²) in [7, 11) is -3.53. The molecule has 0 atom stereocenters. The number of carbonyl (C=O) groups is 1. The summed E-state index contributed by atoms with van der Waals surface area (Å²) in [5, 5.41) is 0. The molecule has 0 bridgehead atoms. The second-order valence-corrected chi connectivity index (χ2v) is 10.0. The molecule has 1 amide bonds. The van der Waals surface area contributed by atoms with Crippen LogP contribution >= 0.6 is 0 Å². The van der Waals surface area contributed by atoms with Gasteiger partial charge in [-0.25, -0.2) is 8.42 Å². The van der Waals surface area contributed by atoms with Crippen LogP contribution in [-0.4, -0.2) is 62.8 Å². The maximum absolute atomic E-state index is 13.1. The Kier molecular flexibility index (Phi) is 6.11. The molecule has 2 fully saturated rings. The van der Waals surface area contributed by atoms with E-state index in [1.54, 1.807) is 24.3 Å². The van der Waals surface area contributed by atoms with Crippen molar-refractivity contribution in [3.63, 3.8) is 0 Å². The molecule has 7 heteroatoms. The van der Waals surface area contributed by atoms with Gasteiger partial charge in [0, 0.05) is 50.5 Å². The number of carbonyl (C=O) groups excluding carboxylic acids is 1. The van der Waals surface area contributed by atoms with E-state index >= 15 is 0 Å². The van der Waals surface area contributed by atoms with E-state index < -0.39 is 10.0 Å². The third-order valence-electron chi connectivity index (χ3n) is 5.97. The topological polar surface area (TPSA) is 60.9 Å². The molecule has 0 N–H and O–H groups in total. The quantitative estimate of drug-likeness (QED) is 0.752. The maximum atomic E-state index is 13.1. The molecule has 0 aliphatic carbocycles. The molecule has 4 rings (SSSR count). The van der Waals surface area contributed by atoms with Crippen LogP contribution in [0.3, 0.4) is 0 Å². The molecule has 6 nitrogen and oxygen atoms in total. The van der Waals surface area contributed by atoms with Crippen LogP contribution in [0.25, 0.3) is 0 Å². The first-order chi connectivity index (χ1) is 14.4. The van der Waals surface area contributed by atoms with E-state index in [1.807, 2.05) is 4.90 Å². The smallest absolute Gasteiger partial charge is 0.253 e. The lowest BCUT2D eigenvalue weighted by atomic mass is 10.2. The van der Waals surface area contributed by atoms with Gasteiger partial charge in [-0.05, 0) is 56.5 Å². The van der Waals surface area contributed by atoms with Gasteiger partial charge in [-0.15, -0.1) is 0 Å². The predicted octanol–water partition coefficient (Wildman–Crippen LogP) is 3.13. The van der Waals surface area contributed by atoms with E-state index in [4.69, 9.17) is 0 Å². The highest BCUT2D eigenvalue weighted by atomic mass is 32.2. The number of nitrogens with zero attached hydrogens (tertiary/aromatic N) is 3. The fourth-order valence-corrected chi connectivity index (χ4v) is 5.75.